The van der Waals surface area contributed by atoms with Crippen molar-refractivity contribution in [3.05, 3.63) is 52.3 Å². The Morgan fingerprint density at radius 3 is 3.09 bits per heavy atom. The van der Waals surface area contributed by atoms with E-state index in [1.165, 1.54) is 23.0 Å². The normalized spacial score (nSPS) is 14.3. The molecule has 0 amide bonds. The number of nitriles is 1. The maximum atomic E-state index is 13.8. The minimum atomic E-state index is -0.433. The molecule has 0 unspecified atom stereocenters. The SMILES string of the molecule is N#Cc1ccc(COc2ncc(C3=CCNCC3)s2)c(F)c1. The molecule has 2 aromatic rings. The van der Waals surface area contributed by atoms with E-state index in [0.717, 1.165) is 24.4 Å². The first kappa shape index (κ1) is 14.7. The second-order valence-electron chi connectivity index (χ2n) is 4.88. The van der Waals surface area contributed by atoms with Crippen molar-refractivity contribution >= 4 is 16.9 Å². The highest BCUT2D eigenvalue weighted by Gasteiger charge is 2.11. The number of thiazole rings is 1. The predicted molar refractivity (Wildman–Crippen MR) is 83.0 cm³/mol. The number of ether oxygens (including phenoxy) is 1. The molecular weight excluding hydrogens is 301 g/mol. The molecule has 1 aliphatic rings. The van der Waals surface area contributed by atoms with Gasteiger partial charge in [-0.3, -0.25) is 0 Å². The summed E-state index contributed by atoms with van der Waals surface area (Å²) in [5.41, 5.74) is 1.99. The summed E-state index contributed by atoms with van der Waals surface area (Å²) in [6.07, 6.45) is 4.93. The molecule has 0 radical (unpaired) electrons. The van der Waals surface area contributed by atoms with Crippen molar-refractivity contribution in [1.82, 2.24) is 10.3 Å². The van der Waals surface area contributed by atoms with Crippen molar-refractivity contribution in [2.24, 2.45) is 0 Å². The van der Waals surface area contributed by atoms with Crippen LogP contribution in [-0.2, 0) is 6.61 Å². The van der Waals surface area contributed by atoms with Crippen LogP contribution in [0.5, 0.6) is 5.19 Å². The van der Waals surface area contributed by atoms with Crippen molar-refractivity contribution in [2.45, 2.75) is 13.0 Å². The lowest BCUT2D eigenvalue weighted by molar-refractivity contribution is 0.298. The summed E-state index contributed by atoms with van der Waals surface area (Å²) in [6, 6.07) is 6.27. The molecule has 0 atom stereocenters. The molecule has 1 aliphatic heterocycles. The van der Waals surface area contributed by atoms with E-state index >= 15 is 0 Å². The Bertz CT molecular complexity index is 748. The molecule has 1 N–H and O–H groups in total. The zero-order valence-electron chi connectivity index (χ0n) is 11.8. The molecule has 0 aliphatic carbocycles. The maximum Gasteiger partial charge on any atom is 0.274 e. The van der Waals surface area contributed by atoms with Gasteiger partial charge in [0.1, 0.15) is 12.4 Å². The third kappa shape index (κ3) is 3.32. The Labute approximate surface area is 131 Å². The number of benzene rings is 1. The summed E-state index contributed by atoms with van der Waals surface area (Å²) in [5.74, 6) is -0.433. The first-order chi connectivity index (χ1) is 10.8. The lowest BCUT2D eigenvalue weighted by Gasteiger charge is -2.11. The highest BCUT2D eigenvalue weighted by molar-refractivity contribution is 7.14. The first-order valence-electron chi connectivity index (χ1n) is 6.93. The highest BCUT2D eigenvalue weighted by atomic mass is 32.1. The Morgan fingerprint density at radius 1 is 1.45 bits per heavy atom. The van der Waals surface area contributed by atoms with Gasteiger partial charge in [-0.2, -0.15) is 5.26 Å². The number of halogens is 1. The summed E-state index contributed by atoms with van der Waals surface area (Å²) < 4.78 is 19.3. The van der Waals surface area contributed by atoms with Crippen LogP contribution < -0.4 is 10.1 Å². The molecule has 2 heterocycles. The molecule has 0 bridgehead atoms. The molecule has 0 saturated carbocycles. The van der Waals surface area contributed by atoms with Crippen molar-refractivity contribution in [1.29, 1.82) is 5.26 Å². The van der Waals surface area contributed by atoms with Crippen LogP contribution in [0.4, 0.5) is 4.39 Å². The highest BCUT2D eigenvalue weighted by Crippen LogP contribution is 2.30. The Kier molecular flexibility index (Phi) is 4.47. The van der Waals surface area contributed by atoms with Crippen LogP contribution in [0.2, 0.25) is 0 Å². The number of rotatable bonds is 4. The summed E-state index contributed by atoms with van der Waals surface area (Å²) in [5, 5.41) is 12.5. The number of hydrogen-bond acceptors (Lipinski definition) is 5. The zero-order valence-corrected chi connectivity index (χ0v) is 12.6. The topological polar surface area (TPSA) is 57.9 Å². The molecule has 3 rings (SSSR count). The van der Waals surface area contributed by atoms with Crippen LogP contribution >= 0.6 is 11.3 Å². The second-order valence-corrected chi connectivity index (χ2v) is 5.87. The Balaban J connectivity index is 1.66. The van der Waals surface area contributed by atoms with Crippen molar-refractivity contribution in [2.75, 3.05) is 13.1 Å². The molecule has 1 aromatic carbocycles. The number of aromatic nitrogens is 1. The van der Waals surface area contributed by atoms with Crippen LogP contribution in [0.3, 0.4) is 0 Å². The fraction of sp³-hybridized carbons (Fsp3) is 0.250. The van der Waals surface area contributed by atoms with Gasteiger partial charge in [0.15, 0.2) is 0 Å². The molecular formula is C16H14FN3OS. The minimum Gasteiger partial charge on any atom is -0.465 e. The van der Waals surface area contributed by atoms with Crippen LogP contribution in [-0.4, -0.2) is 18.1 Å². The van der Waals surface area contributed by atoms with E-state index in [2.05, 4.69) is 16.4 Å². The van der Waals surface area contributed by atoms with E-state index < -0.39 is 5.82 Å². The lowest BCUT2D eigenvalue weighted by atomic mass is 10.1. The van der Waals surface area contributed by atoms with Gasteiger partial charge < -0.3 is 10.1 Å². The van der Waals surface area contributed by atoms with Gasteiger partial charge in [-0.15, -0.1) is 0 Å². The van der Waals surface area contributed by atoms with E-state index in [1.54, 1.807) is 18.3 Å². The van der Waals surface area contributed by atoms with Crippen molar-refractivity contribution < 1.29 is 9.13 Å². The van der Waals surface area contributed by atoms with Gasteiger partial charge >= 0.3 is 0 Å². The summed E-state index contributed by atoms with van der Waals surface area (Å²) in [7, 11) is 0. The van der Waals surface area contributed by atoms with E-state index in [-0.39, 0.29) is 6.61 Å². The van der Waals surface area contributed by atoms with E-state index in [4.69, 9.17) is 10.00 Å². The molecule has 4 nitrogen and oxygen atoms in total. The van der Waals surface area contributed by atoms with Crippen LogP contribution in [0, 0.1) is 17.1 Å². The largest absolute Gasteiger partial charge is 0.465 e. The third-order valence-corrected chi connectivity index (χ3v) is 4.38. The van der Waals surface area contributed by atoms with Crippen LogP contribution in [0.15, 0.2) is 30.5 Å². The van der Waals surface area contributed by atoms with Gasteiger partial charge in [0.25, 0.3) is 5.19 Å². The standard InChI is InChI=1S/C16H14FN3OS/c17-14-7-11(8-18)1-2-13(14)10-21-16-20-9-15(22-16)12-3-5-19-6-4-12/h1-3,7,9,19H,4-6,10H2. The zero-order chi connectivity index (χ0) is 15.4. The second kappa shape index (κ2) is 6.69. The van der Waals surface area contributed by atoms with Crippen molar-refractivity contribution in [3.63, 3.8) is 0 Å². The number of nitrogens with zero attached hydrogens (tertiary/aromatic N) is 2. The third-order valence-electron chi connectivity index (χ3n) is 3.40. The van der Waals surface area contributed by atoms with E-state index in [0.29, 0.717) is 16.3 Å². The molecule has 112 valence electrons. The van der Waals surface area contributed by atoms with Gasteiger partial charge in [-0.05, 0) is 30.7 Å². The van der Waals surface area contributed by atoms with Crippen molar-refractivity contribution in [3.8, 4) is 11.3 Å². The lowest BCUT2D eigenvalue weighted by Crippen LogP contribution is -2.19. The van der Waals surface area contributed by atoms with Crippen LogP contribution in [0.25, 0.3) is 5.57 Å². The van der Waals surface area contributed by atoms with Crippen LogP contribution in [0.1, 0.15) is 22.4 Å². The number of nitrogens with one attached hydrogen (secondary N) is 1. The van der Waals surface area contributed by atoms with Gasteiger partial charge in [-0.25, -0.2) is 9.37 Å². The quantitative estimate of drug-likeness (QED) is 0.942. The summed E-state index contributed by atoms with van der Waals surface area (Å²) >= 11 is 1.47. The Hall–Kier alpha value is -2.23. The average molecular weight is 315 g/mol. The fourth-order valence-electron chi connectivity index (χ4n) is 2.19. The fourth-order valence-corrected chi connectivity index (χ4v) is 3.03. The molecule has 22 heavy (non-hydrogen) atoms. The monoisotopic (exact) mass is 315 g/mol. The summed E-state index contributed by atoms with van der Waals surface area (Å²) in [4.78, 5) is 5.32. The molecule has 0 saturated heterocycles. The molecule has 1 aromatic heterocycles. The van der Waals surface area contributed by atoms with Gasteiger partial charge in [0, 0.05) is 18.3 Å². The van der Waals surface area contributed by atoms with E-state index in [9.17, 15) is 4.39 Å². The smallest absolute Gasteiger partial charge is 0.274 e. The van der Waals surface area contributed by atoms with E-state index in [1.807, 2.05) is 6.07 Å². The Morgan fingerprint density at radius 2 is 2.36 bits per heavy atom. The average Bonchev–Trinajstić information content (AvgIpc) is 3.03. The molecule has 0 spiro atoms. The van der Waals surface area contributed by atoms with Gasteiger partial charge in [0.2, 0.25) is 0 Å². The first-order valence-corrected chi connectivity index (χ1v) is 7.75. The summed E-state index contributed by atoms with van der Waals surface area (Å²) in [6.45, 7) is 1.95. The number of hydrogen-bond donors (Lipinski definition) is 1. The maximum absolute atomic E-state index is 13.8. The molecule has 6 heteroatoms. The predicted octanol–water partition coefficient (Wildman–Crippen LogP) is 3.11. The van der Waals surface area contributed by atoms with Gasteiger partial charge in [-0.1, -0.05) is 23.5 Å². The minimum absolute atomic E-state index is 0.102. The molecule has 0 fully saturated rings. The van der Waals surface area contributed by atoms with Gasteiger partial charge in [0.05, 0.1) is 16.5 Å².